The Kier molecular flexibility index (Phi) is 8.33. The number of benzene rings is 2. The molecule has 5 rings (SSSR count). The van der Waals surface area contributed by atoms with Crippen LogP contribution in [0.2, 0.25) is 5.02 Å². The summed E-state index contributed by atoms with van der Waals surface area (Å²) in [6.07, 6.45) is 0.0651. The lowest BCUT2D eigenvalue weighted by Gasteiger charge is -2.52. The van der Waals surface area contributed by atoms with Gasteiger partial charge in [0.2, 0.25) is 5.91 Å². The van der Waals surface area contributed by atoms with Gasteiger partial charge in [-0.3, -0.25) is 9.69 Å². The molecule has 9 heteroatoms. The number of hydrogen-bond acceptors (Lipinski definition) is 4. The molecule has 2 atom stereocenters. The first-order valence-corrected chi connectivity index (χ1v) is 14.0. The second-order valence-electron chi connectivity index (χ2n) is 10.9. The Hall–Kier alpha value is -2.13. The number of amides is 1. The molecule has 206 valence electrons. The van der Waals surface area contributed by atoms with Gasteiger partial charge in [-0.1, -0.05) is 48.0 Å². The lowest BCUT2D eigenvalue weighted by Crippen LogP contribution is -2.60. The van der Waals surface area contributed by atoms with Gasteiger partial charge in [-0.05, 0) is 73.9 Å². The zero-order valence-electron chi connectivity index (χ0n) is 21.6. The third-order valence-electron chi connectivity index (χ3n) is 8.47. The molecule has 2 aromatic rings. The first-order valence-electron chi connectivity index (χ1n) is 13.6. The van der Waals surface area contributed by atoms with Gasteiger partial charge in [0.15, 0.2) is 0 Å². The Morgan fingerprint density at radius 2 is 1.84 bits per heavy atom. The van der Waals surface area contributed by atoms with E-state index in [-0.39, 0.29) is 5.91 Å². The second kappa shape index (κ2) is 11.5. The molecule has 3 heterocycles. The summed E-state index contributed by atoms with van der Waals surface area (Å²) in [5.41, 5.74) is 2.43. The molecule has 2 N–H and O–H groups in total. The van der Waals surface area contributed by atoms with Crippen LogP contribution in [0.1, 0.15) is 42.4 Å². The van der Waals surface area contributed by atoms with E-state index in [4.69, 9.17) is 11.6 Å². The number of nitrogens with one attached hydrogen (secondary N) is 2. The topological polar surface area (TPSA) is 47.6 Å². The van der Waals surface area contributed by atoms with Gasteiger partial charge in [0.1, 0.15) is 0 Å². The van der Waals surface area contributed by atoms with Gasteiger partial charge in [0.05, 0.1) is 18.1 Å². The van der Waals surface area contributed by atoms with Crippen molar-refractivity contribution in [1.29, 1.82) is 0 Å². The van der Waals surface area contributed by atoms with Crippen molar-refractivity contribution in [2.24, 2.45) is 0 Å². The minimum atomic E-state index is -4.27. The van der Waals surface area contributed by atoms with Crippen LogP contribution in [0.5, 0.6) is 0 Å². The maximum absolute atomic E-state index is 13.8. The van der Waals surface area contributed by atoms with E-state index in [1.807, 2.05) is 53.4 Å². The molecule has 0 radical (unpaired) electrons. The van der Waals surface area contributed by atoms with Gasteiger partial charge in [-0.25, -0.2) is 0 Å². The van der Waals surface area contributed by atoms with Crippen molar-refractivity contribution in [3.05, 3.63) is 70.2 Å². The number of piperidine rings is 1. The van der Waals surface area contributed by atoms with Crippen molar-refractivity contribution < 1.29 is 18.0 Å². The highest BCUT2D eigenvalue weighted by Gasteiger charge is 2.48. The highest BCUT2D eigenvalue weighted by Crippen LogP contribution is 2.44. The molecule has 3 aliphatic heterocycles. The first-order chi connectivity index (χ1) is 18.2. The smallest absolute Gasteiger partial charge is 0.341 e. The van der Waals surface area contributed by atoms with E-state index in [1.54, 1.807) is 4.90 Å². The summed E-state index contributed by atoms with van der Waals surface area (Å²) < 4.78 is 40.7. The fourth-order valence-corrected chi connectivity index (χ4v) is 6.63. The molecule has 1 spiro atoms. The summed E-state index contributed by atoms with van der Waals surface area (Å²) >= 11 is 6.07. The average molecular weight is 549 g/mol. The predicted molar refractivity (Wildman–Crippen MR) is 143 cm³/mol. The zero-order valence-corrected chi connectivity index (χ0v) is 22.3. The zero-order chi connectivity index (χ0) is 26.8. The monoisotopic (exact) mass is 548 g/mol. The summed E-state index contributed by atoms with van der Waals surface area (Å²) in [6.45, 7) is 2.01. The van der Waals surface area contributed by atoms with E-state index >= 15 is 0 Å². The Morgan fingerprint density at radius 1 is 1.11 bits per heavy atom. The molecule has 2 saturated heterocycles. The predicted octanol–water partition coefficient (Wildman–Crippen LogP) is 4.53. The number of alkyl halides is 3. The van der Waals surface area contributed by atoms with Gasteiger partial charge in [-0.15, -0.1) is 0 Å². The summed E-state index contributed by atoms with van der Waals surface area (Å²) in [6, 6.07) is 15.4. The third-order valence-corrected chi connectivity index (χ3v) is 8.72. The number of rotatable bonds is 7. The number of halogens is 4. The molecule has 0 aliphatic carbocycles. The highest BCUT2D eigenvalue weighted by atomic mass is 35.5. The lowest BCUT2D eigenvalue weighted by atomic mass is 9.74. The molecule has 2 aromatic carbocycles. The number of carbonyl (C=O) groups is 1. The molecular weight excluding hydrogens is 513 g/mol. The van der Waals surface area contributed by atoms with E-state index in [0.717, 1.165) is 36.1 Å². The summed E-state index contributed by atoms with van der Waals surface area (Å²) in [5.74, 6) is 0.0132. The Morgan fingerprint density at radius 3 is 2.53 bits per heavy atom. The Balaban J connectivity index is 1.32. The maximum atomic E-state index is 13.8. The molecule has 2 fully saturated rings. The van der Waals surface area contributed by atoms with Crippen molar-refractivity contribution in [2.75, 3.05) is 39.3 Å². The van der Waals surface area contributed by atoms with E-state index in [0.29, 0.717) is 62.9 Å². The summed E-state index contributed by atoms with van der Waals surface area (Å²) in [5, 5.41) is 7.62. The SMILES string of the molecule is O=C([C@@H](Cc1ccc(Cl)cc1)NCC1CCCN1)N1CCC2(CC1)c1ccccc1CCN2CC(F)(F)F. The van der Waals surface area contributed by atoms with Crippen LogP contribution in [0.3, 0.4) is 0 Å². The van der Waals surface area contributed by atoms with Crippen molar-refractivity contribution in [3.63, 3.8) is 0 Å². The van der Waals surface area contributed by atoms with Crippen molar-refractivity contribution in [2.45, 2.75) is 62.3 Å². The van der Waals surface area contributed by atoms with Crippen LogP contribution < -0.4 is 10.6 Å². The summed E-state index contributed by atoms with van der Waals surface area (Å²) in [7, 11) is 0. The number of fused-ring (bicyclic) bond motifs is 2. The van der Waals surface area contributed by atoms with Crippen LogP contribution in [0.25, 0.3) is 0 Å². The second-order valence-corrected chi connectivity index (χ2v) is 11.3. The lowest BCUT2D eigenvalue weighted by molar-refractivity contribution is -0.168. The number of nitrogens with zero attached hydrogens (tertiary/aromatic N) is 2. The fourth-order valence-electron chi connectivity index (χ4n) is 6.50. The minimum Gasteiger partial charge on any atom is -0.341 e. The van der Waals surface area contributed by atoms with E-state index < -0.39 is 24.3 Å². The molecule has 38 heavy (non-hydrogen) atoms. The van der Waals surface area contributed by atoms with Gasteiger partial charge in [-0.2, -0.15) is 13.2 Å². The molecule has 0 bridgehead atoms. The Labute approximate surface area is 227 Å². The molecule has 3 aliphatic rings. The van der Waals surface area contributed by atoms with E-state index in [1.165, 1.54) is 0 Å². The number of likely N-dealkylation sites (tertiary alicyclic amines) is 1. The van der Waals surface area contributed by atoms with Crippen LogP contribution in [-0.2, 0) is 23.2 Å². The first kappa shape index (κ1) is 27.4. The fraction of sp³-hybridized carbons (Fsp3) is 0.552. The largest absolute Gasteiger partial charge is 0.401 e. The molecular formula is C29H36ClF3N4O. The number of hydrogen-bond donors (Lipinski definition) is 2. The Bertz CT molecular complexity index is 1100. The van der Waals surface area contributed by atoms with Gasteiger partial charge in [0.25, 0.3) is 0 Å². The quantitative estimate of drug-likeness (QED) is 0.534. The van der Waals surface area contributed by atoms with Gasteiger partial charge < -0.3 is 15.5 Å². The van der Waals surface area contributed by atoms with E-state index in [2.05, 4.69) is 10.6 Å². The van der Waals surface area contributed by atoms with Crippen molar-refractivity contribution in [3.8, 4) is 0 Å². The van der Waals surface area contributed by atoms with Gasteiger partial charge >= 0.3 is 6.18 Å². The molecule has 1 unspecified atom stereocenters. The average Bonchev–Trinajstić information content (AvgIpc) is 3.43. The number of carbonyl (C=O) groups excluding carboxylic acids is 1. The summed E-state index contributed by atoms with van der Waals surface area (Å²) in [4.78, 5) is 17.3. The third kappa shape index (κ3) is 6.19. The van der Waals surface area contributed by atoms with Crippen LogP contribution in [0.4, 0.5) is 13.2 Å². The van der Waals surface area contributed by atoms with Gasteiger partial charge in [0, 0.05) is 37.2 Å². The molecule has 5 nitrogen and oxygen atoms in total. The maximum Gasteiger partial charge on any atom is 0.401 e. The van der Waals surface area contributed by atoms with Crippen molar-refractivity contribution >= 4 is 17.5 Å². The van der Waals surface area contributed by atoms with Crippen LogP contribution >= 0.6 is 11.6 Å². The van der Waals surface area contributed by atoms with Crippen LogP contribution in [0, 0.1) is 0 Å². The highest BCUT2D eigenvalue weighted by molar-refractivity contribution is 6.30. The molecule has 0 aromatic heterocycles. The minimum absolute atomic E-state index is 0.0132. The van der Waals surface area contributed by atoms with Crippen LogP contribution in [0.15, 0.2) is 48.5 Å². The normalized spacial score (nSPS) is 22.4. The standard InChI is InChI=1S/C29H36ClF3N4O/c30-23-9-7-21(8-10-23)18-26(35-19-24-5-3-14-34-24)27(38)36-16-12-28(13-17-36)25-6-2-1-4-22(25)11-15-37(28)20-29(31,32)33/h1-2,4,6-10,24,26,34-35H,3,5,11-20H2/t24?,26-/m1/s1. The van der Waals surface area contributed by atoms with E-state index in [9.17, 15) is 18.0 Å². The van der Waals surface area contributed by atoms with Crippen LogP contribution in [-0.4, -0.2) is 73.2 Å². The van der Waals surface area contributed by atoms with Crippen molar-refractivity contribution in [1.82, 2.24) is 20.4 Å². The molecule has 1 amide bonds. The molecule has 0 saturated carbocycles.